The fraction of sp³-hybridized carbons (Fsp3) is 0. The first kappa shape index (κ1) is 14.4. The molecular formula is C9H5BrCl2N4O2S. The average Bonchev–Trinajstić information content (AvgIpc) is 2.34. The third kappa shape index (κ3) is 3.53. The molecule has 0 amide bonds. The zero-order valence-corrected chi connectivity index (χ0v) is 12.9. The van der Waals surface area contributed by atoms with E-state index in [4.69, 9.17) is 23.2 Å². The highest BCUT2D eigenvalue weighted by atomic mass is 79.9. The maximum atomic E-state index is 12.0. The Labute approximate surface area is 127 Å². The number of pyridine rings is 1. The number of anilines is 1. The standard InChI is InChI=1S/C9H5BrCl2N4O2S/c10-7-1-5(2-13-8(7)11)16-19(17,18)6-3-14-9(12)15-4-6/h1-4,16H. The largest absolute Gasteiger partial charge is 0.278 e. The van der Waals surface area contributed by atoms with Crippen molar-refractivity contribution in [3.63, 3.8) is 0 Å². The van der Waals surface area contributed by atoms with E-state index in [1.807, 2.05) is 0 Å². The van der Waals surface area contributed by atoms with Gasteiger partial charge in [0.2, 0.25) is 5.28 Å². The Morgan fingerprint density at radius 2 is 1.74 bits per heavy atom. The van der Waals surface area contributed by atoms with Crippen LogP contribution in [0.4, 0.5) is 5.69 Å². The molecule has 0 bridgehead atoms. The molecule has 2 aromatic rings. The van der Waals surface area contributed by atoms with Gasteiger partial charge in [-0.3, -0.25) is 4.72 Å². The van der Waals surface area contributed by atoms with Crippen molar-refractivity contribution in [2.24, 2.45) is 0 Å². The van der Waals surface area contributed by atoms with Crippen molar-refractivity contribution in [2.45, 2.75) is 4.90 Å². The molecule has 0 fully saturated rings. The van der Waals surface area contributed by atoms with E-state index in [2.05, 4.69) is 35.6 Å². The van der Waals surface area contributed by atoms with Crippen LogP contribution >= 0.6 is 39.1 Å². The van der Waals surface area contributed by atoms with E-state index >= 15 is 0 Å². The SMILES string of the molecule is O=S(=O)(Nc1cnc(Cl)c(Br)c1)c1cnc(Cl)nc1. The van der Waals surface area contributed by atoms with Crippen LogP contribution in [0, 0.1) is 0 Å². The van der Waals surface area contributed by atoms with Crippen molar-refractivity contribution in [3.8, 4) is 0 Å². The molecule has 0 aliphatic carbocycles. The number of nitrogens with one attached hydrogen (secondary N) is 1. The highest BCUT2D eigenvalue weighted by molar-refractivity contribution is 9.10. The summed E-state index contributed by atoms with van der Waals surface area (Å²) in [4.78, 5) is 10.9. The summed E-state index contributed by atoms with van der Waals surface area (Å²) in [6.07, 6.45) is 3.51. The number of hydrogen-bond donors (Lipinski definition) is 1. The normalized spacial score (nSPS) is 11.3. The van der Waals surface area contributed by atoms with Crippen LogP contribution in [0.1, 0.15) is 0 Å². The quantitative estimate of drug-likeness (QED) is 0.650. The number of hydrogen-bond acceptors (Lipinski definition) is 5. The van der Waals surface area contributed by atoms with E-state index < -0.39 is 10.0 Å². The van der Waals surface area contributed by atoms with Crippen LogP contribution in [0.3, 0.4) is 0 Å². The van der Waals surface area contributed by atoms with Crippen LogP contribution in [0.5, 0.6) is 0 Å². The lowest BCUT2D eigenvalue weighted by Gasteiger charge is -2.07. The fourth-order valence-corrected chi connectivity index (χ4v) is 2.60. The second-order valence-corrected chi connectivity index (χ2v) is 6.52. The van der Waals surface area contributed by atoms with Crippen molar-refractivity contribution in [2.75, 3.05) is 4.72 Å². The van der Waals surface area contributed by atoms with Gasteiger partial charge >= 0.3 is 0 Å². The van der Waals surface area contributed by atoms with Gasteiger partial charge in [0.05, 0.1) is 28.8 Å². The topological polar surface area (TPSA) is 84.8 Å². The average molecular weight is 384 g/mol. The summed E-state index contributed by atoms with van der Waals surface area (Å²) < 4.78 is 26.8. The molecule has 0 radical (unpaired) electrons. The highest BCUT2D eigenvalue weighted by Gasteiger charge is 2.16. The minimum absolute atomic E-state index is 0.0325. The second kappa shape index (κ2) is 5.58. The van der Waals surface area contributed by atoms with E-state index in [9.17, 15) is 8.42 Å². The molecule has 1 N–H and O–H groups in total. The molecule has 0 atom stereocenters. The Morgan fingerprint density at radius 3 is 2.32 bits per heavy atom. The minimum Gasteiger partial charge on any atom is -0.278 e. The first-order valence-electron chi connectivity index (χ1n) is 4.70. The first-order chi connectivity index (χ1) is 8.88. The van der Waals surface area contributed by atoms with Crippen molar-refractivity contribution in [1.82, 2.24) is 15.0 Å². The molecule has 0 aliphatic heterocycles. The van der Waals surface area contributed by atoms with Gasteiger partial charge in [0, 0.05) is 0 Å². The Balaban J connectivity index is 2.30. The molecule has 0 spiro atoms. The van der Waals surface area contributed by atoms with Crippen LogP contribution in [0.15, 0.2) is 34.0 Å². The van der Waals surface area contributed by atoms with Crippen molar-refractivity contribution in [3.05, 3.63) is 39.6 Å². The molecule has 2 aromatic heterocycles. The molecule has 2 heterocycles. The maximum Gasteiger partial charge on any atom is 0.265 e. The van der Waals surface area contributed by atoms with Gasteiger partial charge in [0.25, 0.3) is 10.0 Å². The molecule has 2 rings (SSSR count). The zero-order chi connectivity index (χ0) is 14.0. The summed E-state index contributed by atoms with van der Waals surface area (Å²) in [6.45, 7) is 0. The Kier molecular flexibility index (Phi) is 4.24. The van der Waals surface area contributed by atoms with Gasteiger partial charge in [-0.25, -0.2) is 23.4 Å². The molecule has 0 unspecified atom stereocenters. The second-order valence-electron chi connectivity index (χ2n) is 3.29. The van der Waals surface area contributed by atoms with Crippen LogP contribution in [0.2, 0.25) is 10.4 Å². The van der Waals surface area contributed by atoms with Gasteiger partial charge in [0.15, 0.2) is 0 Å². The molecule has 19 heavy (non-hydrogen) atoms. The third-order valence-corrected chi connectivity index (χ3v) is 4.62. The smallest absolute Gasteiger partial charge is 0.265 e. The van der Waals surface area contributed by atoms with Gasteiger partial charge in [-0.05, 0) is 33.6 Å². The van der Waals surface area contributed by atoms with Gasteiger partial charge in [0.1, 0.15) is 10.0 Å². The summed E-state index contributed by atoms with van der Waals surface area (Å²) in [5, 5.41) is 0.202. The van der Waals surface area contributed by atoms with Crippen LogP contribution in [0.25, 0.3) is 0 Å². The van der Waals surface area contributed by atoms with E-state index in [-0.39, 0.29) is 21.0 Å². The summed E-state index contributed by atoms with van der Waals surface area (Å²) >= 11 is 14.4. The van der Waals surface area contributed by atoms with Crippen molar-refractivity contribution in [1.29, 1.82) is 0 Å². The summed E-state index contributed by atoms with van der Waals surface area (Å²) in [6, 6.07) is 1.49. The van der Waals surface area contributed by atoms with E-state index in [1.165, 1.54) is 12.3 Å². The maximum absolute atomic E-state index is 12.0. The molecule has 0 aliphatic rings. The predicted molar refractivity (Wildman–Crippen MR) is 74.8 cm³/mol. The Hall–Kier alpha value is -0.960. The Bertz CT molecular complexity index is 709. The third-order valence-electron chi connectivity index (χ3n) is 1.96. The number of sulfonamides is 1. The van der Waals surface area contributed by atoms with Crippen molar-refractivity contribution < 1.29 is 8.42 Å². The van der Waals surface area contributed by atoms with Crippen LogP contribution in [-0.4, -0.2) is 23.4 Å². The highest BCUT2D eigenvalue weighted by Crippen LogP contribution is 2.24. The number of rotatable bonds is 3. The van der Waals surface area contributed by atoms with Gasteiger partial charge in [-0.2, -0.15) is 0 Å². The van der Waals surface area contributed by atoms with Gasteiger partial charge in [-0.15, -0.1) is 0 Å². The molecule has 0 aromatic carbocycles. The molecular weight excluding hydrogens is 379 g/mol. The van der Waals surface area contributed by atoms with Gasteiger partial charge < -0.3 is 0 Å². The molecule has 6 nitrogen and oxygen atoms in total. The Morgan fingerprint density at radius 1 is 1.11 bits per heavy atom. The van der Waals surface area contributed by atoms with E-state index in [0.717, 1.165) is 12.4 Å². The minimum atomic E-state index is -3.80. The van der Waals surface area contributed by atoms with E-state index in [1.54, 1.807) is 0 Å². The number of aromatic nitrogens is 3. The molecule has 0 saturated heterocycles. The monoisotopic (exact) mass is 382 g/mol. The lowest BCUT2D eigenvalue weighted by molar-refractivity contribution is 0.600. The summed E-state index contributed by atoms with van der Waals surface area (Å²) in [7, 11) is -3.80. The summed E-state index contributed by atoms with van der Waals surface area (Å²) in [5.41, 5.74) is 0.256. The zero-order valence-electron chi connectivity index (χ0n) is 9.01. The van der Waals surface area contributed by atoms with Crippen LogP contribution < -0.4 is 4.72 Å². The lowest BCUT2D eigenvalue weighted by atomic mass is 10.4. The fourth-order valence-electron chi connectivity index (χ4n) is 1.13. The molecule has 0 saturated carbocycles. The number of halogens is 3. The first-order valence-corrected chi connectivity index (χ1v) is 7.73. The summed E-state index contributed by atoms with van der Waals surface area (Å²) in [5.74, 6) is 0. The van der Waals surface area contributed by atoms with Crippen molar-refractivity contribution >= 4 is 54.8 Å². The molecule has 10 heteroatoms. The van der Waals surface area contributed by atoms with Crippen LogP contribution in [-0.2, 0) is 10.0 Å². The number of nitrogens with zero attached hydrogens (tertiary/aromatic N) is 3. The molecule has 100 valence electrons. The van der Waals surface area contributed by atoms with E-state index in [0.29, 0.717) is 4.47 Å². The predicted octanol–water partition coefficient (Wildman–Crippen LogP) is 2.74. The van der Waals surface area contributed by atoms with Gasteiger partial charge in [-0.1, -0.05) is 11.6 Å². The lowest BCUT2D eigenvalue weighted by Crippen LogP contribution is -2.13.